The van der Waals surface area contributed by atoms with Crippen LogP contribution in [0, 0.1) is 0 Å². The van der Waals surface area contributed by atoms with Gasteiger partial charge in [0, 0.05) is 18.5 Å². The van der Waals surface area contributed by atoms with Crippen LogP contribution in [-0.2, 0) is 0 Å². The maximum absolute atomic E-state index is 11.5. The van der Waals surface area contributed by atoms with Gasteiger partial charge in [-0.25, -0.2) is 0 Å². The van der Waals surface area contributed by atoms with Crippen LogP contribution in [0.25, 0.3) is 22.0 Å². The molecule has 2 nitrogen and oxygen atoms in total. The average Bonchev–Trinajstić information content (AvgIpc) is 2.83. The van der Waals surface area contributed by atoms with E-state index in [9.17, 15) is 4.79 Å². The largest absolute Gasteiger partial charge is 0.287 e. The zero-order valence-electron chi connectivity index (χ0n) is 10.1. The smallest absolute Gasteiger partial charge is 0.227 e. The Bertz CT molecular complexity index is 710. The lowest BCUT2D eigenvalue weighted by Crippen LogP contribution is -2.02. The summed E-state index contributed by atoms with van der Waals surface area (Å²) in [6, 6.07) is 18.3. The third-order valence-electron chi connectivity index (χ3n) is 3.16. The van der Waals surface area contributed by atoms with Crippen LogP contribution in [0.3, 0.4) is 0 Å². The maximum Gasteiger partial charge on any atom is 0.227 e. The summed E-state index contributed by atoms with van der Waals surface area (Å²) in [4.78, 5) is 11.5. The lowest BCUT2D eigenvalue weighted by Gasteiger charge is -2.05. The third kappa shape index (κ3) is 1.63. The van der Waals surface area contributed by atoms with Crippen LogP contribution < -0.4 is 0 Å². The van der Waals surface area contributed by atoms with E-state index in [-0.39, 0.29) is 5.91 Å². The predicted molar refractivity (Wildman–Crippen MR) is 73.7 cm³/mol. The molecule has 1 aromatic heterocycles. The molecule has 0 atom stereocenters. The number of carbonyl (C=O) groups is 1. The molecule has 2 aromatic carbocycles. The molecule has 0 fully saturated rings. The third-order valence-corrected chi connectivity index (χ3v) is 3.16. The molecular weight excluding hydrogens is 222 g/mol. The highest BCUT2D eigenvalue weighted by Gasteiger charge is 2.08. The van der Waals surface area contributed by atoms with E-state index in [1.54, 1.807) is 11.5 Å². The Kier molecular flexibility index (Phi) is 2.49. The molecular formula is C16H13NO. The van der Waals surface area contributed by atoms with Crippen LogP contribution in [0.4, 0.5) is 0 Å². The van der Waals surface area contributed by atoms with Gasteiger partial charge >= 0.3 is 0 Å². The summed E-state index contributed by atoms with van der Waals surface area (Å²) in [6.45, 7) is 1.58. The van der Waals surface area contributed by atoms with Gasteiger partial charge in [0.05, 0.1) is 5.52 Å². The van der Waals surface area contributed by atoms with Gasteiger partial charge in [0.25, 0.3) is 0 Å². The van der Waals surface area contributed by atoms with E-state index >= 15 is 0 Å². The molecule has 0 aliphatic rings. The molecule has 0 spiro atoms. The van der Waals surface area contributed by atoms with Crippen molar-refractivity contribution in [2.45, 2.75) is 6.92 Å². The SMILES string of the molecule is CC(=O)n1ccc2c(-c3ccccc3)cccc21. The standard InChI is InChI=1S/C16H13NO/c1-12(18)17-11-10-15-14(8-5-9-16(15)17)13-6-3-2-4-7-13/h2-11H,1H3. The Balaban J connectivity index is 2.29. The minimum absolute atomic E-state index is 0.0372. The normalized spacial score (nSPS) is 10.7. The zero-order valence-corrected chi connectivity index (χ0v) is 10.1. The molecule has 2 heteroatoms. The molecule has 0 unspecified atom stereocenters. The van der Waals surface area contributed by atoms with E-state index in [2.05, 4.69) is 18.2 Å². The number of aromatic nitrogens is 1. The van der Waals surface area contributed by atoms with Crippen LogP contribution in [0.5, 0.6) is 0 Å². The van der Waals surface area contributed by atoms with E-state index in [4.69, 9.17) is 0 Å². The molecule has 0 aliphatic heterocycles. The summed E-state index contributed by atoms with van der Waals surface area (Å²) in [6.07, 6.45) is 1.83. The number of hydrogen-bond acceptors (Lipinski definition) is 1. The Morgan fingerprint density at radius 2 is 1.72 bits per heavy atom. The van der Waals surface area contributed by atoms with Crippen molar-refractivity contribution in [2.75, 3.05) is 0 Å². The molecule has 0 aliphatic carbocycles. The number of fused-ring (bicyclic) bond motifs is 1. The molecule has 0 N–H and O–H groups in total. The molecule has 3 rings (SSSR count). The summed E-state index contributed by atoms with van der Waals surface area (Å²) < 4.78 is 1.68. The topological polar surface area (TPSA) is 22.0 Å². The second-order valence-electron chi connectivity index (χ2n) is 4.31. The Labute approximate surface area is 105 Å². The molecule has 0 saturated carbocycles. The zero-order chi connectivity index (χ0) is 12.5. The summed E-state index contributed by atoms with van der Waals surface area (Å²) in [5.74, 6) is 0.0372. The van der Waals surface area contributed by atoms with Crippen LogP contribution in [0.15, 0.2) is 60.8 Å². The van der Waals surface area contributed by atoms with Gasteiger partial charge in [0.2, 0.25) is 5.91 Å². The highest BCUT2D eigenvalue weighted by atomic mass is 16.1. The van der Waals surface area contributed by atoms with Gasteiger partial charge in [-0.05, 0) is 23.3 Å². The molecule has 88 valence electrons. The number of benzene rings is 2. The minimum atomic E-state index is 0.0372. The molecule has 0 bridgehead atoms. The molecule has 0 saturated heterocycles. The van der Waals surface area contributed by atoms with Crippen molar-refractivity contribution in [2.24, 2.45) is 0 Å². The van der Waals surface area contributed by atoms with Gasteiger partial charge in [0.1, 0.15) is 0 Å². The van der Waals surface area contributed by atoms with Crippen molar-refractivity contribution in [1.82, 2.24) is 4.57 Å². The van der Waals surface area contributed by atoms with Gasteiger partial charge in [-0.15, -0.1) is 0 Å². The first-order valence-electron chi connectivity index (χ1n) is 5.94. The molecule has 0 amide bonds. The fourth-order valence-electron chi connectivity index (χ4n) is 2.31. The summed E-state index contributed by atoms with van der Waals surface area (Å²) in [7, 11) is 0. The fourth-order valence-corrected chi connectivity index (χ4v) is 2.31. The van der Waals surface area contributed by atoms with Crippen LogP contribution in [-0.4, -0.2) is 10.5 Å². The van der Waals surface area contributed by atoms with Gasteiger partial charge in [-0.1, -0.05) is 42.5 Å². The van der Waals surface area contributed by atoms with Gasteiger partial charge < -0.3 is 0 Å². The summed E-state index contributed by atoms with van der Waals surface area (Å²) in [5, 5.41) is 1.11. The van der Waals surface area contributed by atoms with E-state index < -0.39 is 0 Å². The molecule has 0 radical (unpaired) electrons. The monoisotopic (exact) mass is 235 g/mol. The summed E-state index contributed by atoms with van der Waals surface area (Å²) >= 11 is 0. The summed E-state index contributed by atoms with van der Waals surface area (Å²) in [5.41, 5.74) is 3.29. The van der Waals surface area contributed by atoms with Crippen LogP contribution >= 0.6 is 0 Å². The first-order valence-corrected chi connectivity index (χ1v) is 5.94. The average molecular weight is 235 g/mol. The van der Waals surface area contributed by atoms with E-state index in [1.165, 1.54) is 5.56 Å². The molecule has 18 heavy (non-hydrogen) atoms. The lowest BCUT2D eigenvalue weighted by molar-refractivity contribution is 0.0941. The van der Waals surface area contributed by atoms with Crippen molar-refractivity contribution in [3.8, 4) is 11.1 Å². The van der Waals surface area contributed by atoms with Crippen molar-refractivity contribution >= 4 is 16.8 Å². The number of rotatable bonds is 1. The quantitative estimate of drug-likeness (QED) is 0.625. The van der Waals surface area contributed by atoms with Crippen molar-refractivity contribution in [1.29, 1.82) is 0 Å². The van der Waals surface area contributed by atoms with Crippen LogP contribution in [0.1, 0.15) is 11.7 Å². The lowest BCUT2D eigenvalue weighted by atomic mass is 10.0. The Hall–Kier alpha value is -2.35. The number of hydrogen-bond donors (Lipinski definition) is 0. The van der Waals surface area contributed by atoms with Crippen molar-refractivity contribution in [3.63, 3.8) is 0 Å². The number of nitrogens with zero attached hydrogens (tertiary/aromatic N) is 1. The second kappa shape index (κ2) is 4.15. The number of carbonyl (C=O) groups excluding carboxylic acids is 1. The van der Waals surface area contributed by atoms with E-state index in [0.29, 0.717) is 0 Å². The second-order valence-corrected chi connectivity index (χ2v) is 4.31. The fraction of sp³-hybridized carbons (Fsp3) is 0.0625. The van der Waals surface area contributed by atoms with E-state index in [1.807, 2.05) is 42.6 Å². The Morgan fingerprint density at radius 1 is 0.944 bits per heavy atom. The van der Waals surface area contributed by atoms with Crippen LogP contribution in [0.2, 0.25) is 0 Å². The molecule has 1 heterocycles. The van der Waals surface area contributed by atoms with Crippen molar-refractivity contribution in [3.05, 3.63) is 60.8 Å². The highest BCUT2D eigenvalue weighted by Crippen LogP contribution is 2.29. The van der Waals surface area contributed by atoms with E-state index in [0.717, 1.165) is 16.5 Å². The first kappa shape index (κ1) is 10.8. The Morgan fingerprint density at radius 3 is 2.44 bits per heavy atom. The predicted octanol–water partition coefficient (Wildman–Crippen LogP) is 3.97. The van der Waals surface area contributed by atoms with Gasteiger partial charge in [-0.3, -0.25) is 9.36 Å². The van der Waals surface area contributed by atoms with Gasteiger partial charge in [0.15, 0.2) is 0 Å². The maximum atomic E-state index is 11.5. The van der Waals surface area contributed by atoms with Crippen molar-refractivity contribution < 1.29 is 4.79 Å². The molecule has 3 aromatic rings. The minimum Gasteiger partial charge on any atom is -0.287 e. The first-order chi connectivity index (χ1) is 8.77. The highest BCUT2D eigenvalue weighted by molar-refractivity contribution is 5.99. The van der Waals surface area contributed by atoms with Gasteiger partial charge in [-0.2, -0.15) is 0 Å².